The molecule has 2 aromatic heterocycles. The fraction of sp³-hybridized carbons (Fsp3) is 0.467. The normalized spacial score (nSPS) is 18.0. The van der Waals surface area contributed by atoms with E-state index in [4.69, 9.17) is 15.2 Å². The minimum absolute atomic E-state index is 0.133. The van der Waals surface area contributed by atoms with Crippen LogP contribution >= 0.6 is 0 Å². The molecule has 4 N–H and O–H groups in total. The van der Waals surface area contributed by atoms with Crippen LogP contribution in [-0.4, -0.2) is 71.8 Å². The molecule has 3 aliphatic rings. The molecular weight excluding hydrogens is 525 g/mol. The molecule has 1 aliphatic carbocycles. The molecule has 0 radical (unpaired) electrons. The molecule has 1 spiro atoms. The SMILES string of the molecule is COCCN1CCC2(CC1)CC(NC(=O)c1cc(F)cc(CNc3ncc(-c4ccnc(N)n4)c4c3CCO4)c1)C2. The lowest BCUT2D eigenvalue weighted by molar-refractivity contribution is 0.00111. The third kappa shape index (κ3) is 5.96. The van der Waals surface area contributed by atoms with Crippen molar-refractivity contribution >= 4 is 17.7 Å². The highest BCUT2D eigenvalue weighted by atomic mass is 19.1. The van der Waals surface area contributed by atoms with Gasteiger partial charge in [-0.3, -0.25) is 4.79 Å². The molecular formula is C30H36FN7O3. The zero-order valence-corrected chi connectivity index (χ0v) is 23.3. The average Bonchev–Trinajstić information content (AvgIpc) is 3.45. The van der Waals surface area contributed by atoms with E-state index in [-0.39, 0.29) is 17.9 Å². The van der Waals surface area contributed by atoms with Gasteiger partial charge in [0.15, 0.2) is 0 Å². The number of piperidine rings is 1. The summed E-state index contributed by atoms with van der Waals surface area (Å²) in [5, 5.41) is 6.43. The van der Waals surface area contributed by atoms with E-state index >= 15 is 0 Å². The first-order valence-corrected chi connectivity index (χ1v) is 14.2. The van der Waals surface area contributed by atoms with E-state index < -0.39 is 5.82 Å². The van der Waals surface area contributed by atoms with Crippen molar-refractivity contribution in [2.45, 2.75) is 44.7 Å². The first-order valence-electron chi connectivity index (χ1n) is 14.2. The maximum Gasteiger partial charge on any atom is 0.251 e. The highest BCUT2D eigenvalue weighted by Crippen LogP contribution is 2.49. The van der Waals surface area contributed by atoms with Gasteiger partial charge in [-0.2, -0.15) is 0 Å². The van der Waals surface area contributed by atoms with Crippen LogP contribution in [0.25, 0.3) is 11.3 Å². The number of likely N-dealkylation sites (tertiary alicyclic amines) is 1. The van der Waals surface area contributed by atoms with Gasteiger partial charge in [-0.15, -0.1) is 0 Å². The van der Waals surface area contributed by atoms with Gasteiger partial charge >= 0.3 is 0 Å². The van der Waals surface area contributed by atoms with Gasteiger partial charge in [0.2, 0.25) is 5.95 Å². The minimum Gasteiger partial charge on any atom is -0.492 e. The summed E-state index contributed by atoms with van der Waals surface area (Å²) in [6.45, 7) is 4.72. The van der Waals surface area contributed by atoms with Crippen molar-refractivity contribution in [2.75, 3.05) is 51.0 Å². The number of pyridine rings is 1. The molecule has 216 valence electrons. The molecule has 0 bridgehead atoms. The van der Waals surface area contributed by atoms with E-state index in [0.29, 0.717) is 53.4 Å². The first-order chi connectivity index (χ1) is 19.9. The van der Waals surface area contributed by atoms with Crippen LogP contribution in [0, 0.1) is 11.2 Å². The maximum absolute atomic E-state index is 14.6. The summed E-state index contributed by atoms with van der Waals surface area (Å²) in [6, 6.07) is 6.37. The van der Waals surface area contributed by atoms with Gasteiger partial charge in [0, 0.05) is 56.2 Å². The number of amides is 1. The molecule has 1 aromatic carbocycles. The number of aromatic nitrogens is 3. The van der Waals surface area contributed by atoms with Crippen LogP contribution in [-0.2, 0) is 17.7 Å². The van der Waals surface area contributed by atoms with Crippen LogP contribution in [0.3, 0.4) is 0 Å². The number of fused-ring (bicyclic) bond motifs is 1. The molecule has 0 unspecified atom stereocenters. The third-order valence-corrected chi connectivity index (χ3v) is 8.58. The predicted octanol–water partition coefficient (Wildman–Crippen LogP) is 3.43. The fourth-order valence-corrected chi connectivity index (χ4v) is 6.35. The van der Waals surface area contributed by atoms with Crippen molar-refractivity contribution in [1.29, 1.82) is 0 Å². The van der Waals surface area contributed by atoms with Gasteiger partial charge in [0.25, 0.3) is 5.91 Å². The van der Waals surface area contributed by atoms with Crippen LogP contribution in [0.4, 0.5) is 16.2 Å². The Bertz CT molecular complexity index is 1420. The van der Waals surface area contributed by atoms with E-state index in [1.807, 2.05) is 0 Å². The number of hydrogen-bond donors (Lipinski definition) is 3. The van der Waals surface area contributed by atoms with Crippen molar-refractivity contribution < 1.29 is 18.7 Å². The number of rotatable bonds is 9. The van der Waals surface area contributed by atoms with Crippen molar-refractivity contribution in [1.82, 2.24) is 25.2 Å². The van der Waals surface area contributed by atoms with Crippen LogP contribution in [0.5, 0.6) is 5.75 Å². The number of nitrogens with one attached hydrogen (secondary N) is 2. The van der Waals surface area contributed by atoms with Gasteiger partial charge in [0.1, 0.15) is 17.4 Å². The monoisotopic (exact) mass is 561 g/mol. The highest BCUT2D eigenvalue weighted by Gasteiger charge is 2.46. The predicted molar refractivity (Wildman–Crippen MR) is 153 cm³/mol. The quantitative estimate of drug-likeness (QED) is 0.360. The van der Waals surface area contributed by atoms with Crippen molar-refractivity contribution in [3.05, 3.63) is 59.2 Å². The number of anilines is 2. The number of ether oxygens (including phenoxy) is 2. The summed E-state index contributed by atoms with van der Waals surface area (Å²) < 4.78 is 25.7. The summed E-state index contributed by atoms with van der Waals surface area (Å²) >= 11 is 0. The summed E-state index contributed by atoms with van der Waals surface area (Å²) in [6.07, 6.45) is 8.23. The second-order valence-electron chi connectivity index (χ2n) is 11.3. The highest BCUT2D eigenvalue weighted by molar-refractivity contribution is 5.94. The summed E-state index contributed by atoms with van der Waals surface area (Å²) in [4.78, 5) is 28.3. The molecule has 3 aromatic rings. The van der Waals surface area contributed by atoms with E-state index in [9.17, 15) is 9.18 Å². The Morgan fingerprint density at radius 1 is 1.24 bits per heavy atom. The van der Waals surface area contributed by atoms with Crippen molar-refractivity contribution in [2.24, 2.45) is 5.41 Å². The van der Waals surface area contributed by atoms with Gasteiger partial charge < -0.3 is 30.7 Å². The Morgan fingerprint density at radius 2 is 2.07 bits per heavy atom. The van der Waals surface area contributed by atoms with Crippen LogP contribution in [0.15, 0.2) is 36.7 Å². The number of carbonyl (C=O) groups excluding carboxylic acids is 1. The summed E-state index contributed by atoms with van der Waals surface area (Å²) in [7, 11) is 1.74. The van der Waals surface area contributed by atoms with E-state index in [1.165, 1.54) is 12.1 Å². The van der Waals surface area contributed by atoms with E-state index in [1.54, 1.807) is 31.6 Å². The number of nitrogens with two attached hydrogens (primary N) is 1. The topological polar surface area (TPSA) is 128 Å². The molecule has 1 amide bonds. The molecule has 2 fully saturated rings. The Labute approximate surface area is 238 Å². The van der Waals surface area contributed by atoms with Crippen LogP contribution in [0.2, 0.25) is 0 Å². The lowest BCUT2D eigenvalue weighted by Crippen LogP contribution is -2.55. The van der Waals surface area contributed by atoms with E-state index in [2.05, 4.69) is 30.5 Å². The van der Waals surface area contributed by atoms with Crippen LogP contribution < -0.4 is 21.1 Å². The van der Waals surface area contributed by atoms with Gasteiger partial charge in [-0.05, 0) is 74.0 Å². The number of halogens is 1. The van der Waals surface area contributed by atoms with Gasteiger partial charge in [-0.1, -0.05) is 0 Å². The second kappa shape index (κ2) is 11.6. The lowest BCUT2D eigenvalue weighted by atomic mass is 9.60. The Balaban J connectivity index is 1.07. The maximum atomic E-state index is 14.6. The molecule has 1 saturated carbocycles. The summed E-state index contributed by atoms with van der Waals surface area (Å²) in [5.41, 5.74) is 9.38. The van der Waals surface area contributed by atoms with Crippen molar-refractivity contribution in [3.63, 3.8) is 0 Å². The largest absolute Gasteiger partial charge is 0.492 e. The number of nitrogens with zero attached hydrogens (tertiary/aromatic N) is 4. The molecule has 4 heterocycles. The van der Waals surface area contributed by atoms with Crippen LogP contribution in [0.1, 0.15) is 47.2 Å². The van der Waals surface area contributed by atoms with Gasteiger partial charge in [0.05, 0.1) is 24.5 Å². The molecule has 41 heavy (non-hydrogen) atoms. The Kier molecular flexibility index (Phi) is 7.72. The first kappa shape index (κ1) is 27.3. The Hall–Kier alpha value is -3.83. The molecule has 2 aliphatic heterocycles. The molecule has 0 atom stereocenters. The molecule has 10 nitrogen and oxygen atoms in total. The third-order valence-electron chi connectivity index (χ3n) is 8.58. The number of hydrogen-bond acceptors (Lipinski definition) is 9. The second-order valence-corrected chi connectivity index (χ2v) is 11.3. The number of nitrogen functional groups attached to an aromatic ring is 1. The minimum atomic E-state index is -0.443. The number of carbonyl (C=O) groups is 1. The van der Waals surface area contributed by atoms with Crippen molar-refractivity contribution in [3.8, 4) is 17.0 Å². The fourth-order valence-electron chi connectivity index (χ4n) is 6.35. The smallest absolute Gasteiger partial charge is 0.251 e. The molecule has 6 rings (SSSR count). The lowest BCUT2D eigenvalue weighted by Gasteiger charge is -2.52. The number of benzene rings is 1. The summed E-state index contributed by atoms with van der Waals surface area (Å²) in [5.74, 6) is 0.869. The molecule has 1 saturated heterocycles. The molecule has 11 heteroatoms. The number of methoxy groups -OCH3 is 1. The van der Waals surface area contributed by atoms with E-state index in [0.717, 1.165) is 63.1 Å². The standard InChI is InChI=1S/C30H36FN7O3/c1-40-11-9-38-7-4-30(5-8-38)15-22(16-30)36-28(39)20-12-19(13-21(31)14-20)17-34-27-23-3-10-41-26(23)24(18-35-27)25-2-6-33-29(32)37-25/h2,6,12-14,18,22H,3-5,7-11,15-17H2,1H3,(H,34,35)(H,36,39)(H2,32,33,37). The zero-order chi connectivity index (χ0) is 28.4. The zero-order valence-electron chi connectivity index (χ0n) is 23.3. The Morgan fingerprint density at radius 3 is 2.85 bits per heavy atom. The van der Waals surface area contributed by atoms with Gasteiger partial charge in [-0.25, -0.2) is 19.3 Å². The average molecular weight is 562 g/mol.